The minimum absolute atomic E-state index is 0.315. The lowest BCUT2D eigenvalue weighted by atomic mass is 9.79. The van der Waals surface area contributed by atoms with E-state index in [2.05, 4.69) is 4.72 Å². The Hall–Kier alpha value is -1.48. The Morgan fingerprint density at radius 3 is 2.33 bits per heavy atom. The normalized spacial score (nSPS) is 18.5. The van der Waals surface area contributed by atoms with E-state index in [9.17, 15) is 8.78 Å². The Kier molecular flexibility index (Phi) is 6.92. The smallest absolute Gasteiger partial charge is 0.484 e. The summed E-state index contributed by atoms with van der Waals surface area (Å²) in [6.45, 7) is 9.76. The number of nitrogens with one attached hydrogen (secondary N) is 1. The molecule has 0 amide bonds. The molecule has 1 atom stereocenters. The molecule has 1 fully saturated rings. The summed E-state index contributed by atoms with van der Waals surface area (Å²) in [5.74, 6) is -2.14. The van der Waals surface area contributed by atoms with Crippen LogP contribution >= 0.6 is 23.5 Å². The van der Waals surface area contributed by atoms with Gasteiger partial charge in [-0.3, -0.25) is 0 Å². The van der Waals surface area contributed by atoms with Crippen molar-refractivity contribution in [3.05, 3.63) is 53.1 Å². The third-order valence-corrected chi connectivity index (χ3v) is 6.16. The molecule has 1 aliphatic rings. The van der Waals surface area contributed by atoms with Crippen LogP contribution in [0.2, 0.25) is 5.02 Å². The number of ether oxygens (including phenoxy) is 1. The molecule has 0 aliphatic carbocycles. The molecule has 3 rings (SSSR count). The molecule has 2 aromatic rings. The van der Waals surface area contributed by atoms with Crippen molar-refractivity contribution in [2.75, 3.05) is 4.72 Å². The SMILES string of the molecule is CC(Oc1cc(B2OC(C)(C)C(C)(C)O2)ccc1NSC(F)F)c1cccc(Cl)c1. The molecule has 9 heteroatoms. The largest absolute Gasteiger partial charge is 0.494 e. The molecule has 30 heavy (non-hydrogen) atoms. The van der Waals surface area contributed by atoms with Crippen LogP contribution in [-0.4, -0.2) is 24.1 Å². The van der Waals surface area contributed by atoms with E-state index in [0.29, 0.717) is 28.4 Å². The Bertz CT molecular complexity index is 884. The molecule has 4 nitrogen and oxygen atoms in total. The Morgan fingerprint density at radius 2 is 1.73 bits per heavy atom. The van der Waals surface area contributed by atoms with E-state index in [1.54, 1.807) is 24.3 Å². The first kappa shape index (κ1) is 23.2. The zero-order valence-corrected chi connectivity index (χ0v) is 19.1. The molecule has 1 aliphatic heterocycles. The summed E-state index contributed by atoms with van der Waals surface area (Å²) in [7, 11) is -0.587. The van der Waals surface area contributed by atoms with E-state index in [4.69, 9.17) is 25.6 Å². The number of hydrogen-bond acceptors (Lipinski definition) is 5. The van der Waals surface area contributed by atoms with Crippen LogP contribution < -0.4 is 14.9 Å². The summed E-state index contributed by atoms with van der Waals surface area (Å²) in [4.78, 5) is 0. The van der Waals surface area contributed by atoms with Crippen molar-refractivity contribution in [2.45, 2.75) is 57.7 Å². The molecule has 1 unspecified atom stereocenters. The van der Waals surface area contributed by atoms with Gasteiger partial charge in [-0.2, -0.15) is 8.78 Å². The van der Waals surface area contributed by atoms with Crippen molar-refractivity contribution >= 4 is 41.8 Å². The predicted molar refractivity (Wildman–Crippen MR) is 120 cm³/mol. The van der Waals surface area contributed by atoms with Crippen molar-refractivity contribution in [1.29, 1.82) is 0 Å². The van der Waals surface area contributed by atoms with Crippen LogP contribution in [0.5, 0.6) is 5.75 Å². The molecule has 1 saturated heterocycles. The summed E-state index contributed by atoms with van der Waals surface area (Å²) in [5, 5.41) is 0.598. The maximum atomic E-state index is 12.7. The number of benzene rings is 2. The van der Waals surface area contributed by atoms with Gasteiger partial charge in [0.05, 0.1) is 16.9 Å². The van der Waals surface area contributed by atoms with Crippen LogP contribution in [0.3, 0.4) is 0 Å². The fourth-order valence-corrected chi connectivity index (χ4v) is 3.56. The first-order chi connectivity index (χ1) is 14.0. The van der Waals surface area contributed by atoms with Gasteiger partial charge in [-0.25, -0.2) is 0 Å². The molecule has 0 saturated carbocycles. The summed E-state index contributed by atoms with van der Waals surface area (Å²) in [6, 6.07) is 12.6. The second-order valence-corrected chi connectivity index (χ2v) is 9.37. The average molecular weight is 456 g/mol. The Labute approximate surface area is 185 Å². The van der Waals surface area contributed by atoms with Gasteiger partial charge in [-0.1, -0.05) is 29.8 Å². The van der Waals surface area contributed by atoms with Gasteiger partial charge in [0.25, 0.3) is 0 Å². The van der Waals surface area contributed by atoms with Gasteiger partial charge in [0.2, 0.25) is 0 Å². The van der Waals surface area contributed by atoms with E-state index >= 15 is 0 Å². The van der Waals surface area contributed by atoms with Crippen LogP contribution in [0.1, 0.15) is 46.3 Å². The topological polar surface area (TPSA) is 39.7 Å². The number of halogens is 3. The minimum atomic E-state index is -2.56. The second-order valence-electron chi connectivity index (χ2n) is 8.14. The van der Waals surface area contributed by atoms with Gasteiger partial charge in [0, 0.05) is 17.0 Å². The highest BCUT2D eigenvalue weighted by atomic mass is 35.5. The van der Waals surface area contributed by atoms with Crippen molar-refractivity contribution in [1.82, 2.24) is 0 Å². The maximum absolute atomic E-state index is 12.7. The Balaban J connectivity index is 1.89. The first-order valence-electron chi connectivity index (χ1n) is 9.60. The second kappa shape index (κ2) is 8.95. The zero-order valence-electron chi connectivity index (χ0n) is 17.5. The minimum Gasteiger partial charge on any atom is -0.484 e. The number of alkyl halides is 2. The lowest BCUT2D eigenvalue weighted by Gasteiger charge is -2.32. The maximum Gasteiger partial charge on any atom is 0.494 e. The third-order valence-electron chi connectivity index (χ3n) is 5.41. The standard InChI is InChI=1S/C21H25BClF2NO3S/c1-13(14-7-6-8-16(23)11-14)27-18-12-15(9-10-17(18)26-30-19(24)25)22-28-20(2,3)21(4,5)29-22/h6-13,19,26H,1-5H3. The lowest BCUT2D eigenvalue weighted by Crippen LogP contribution is -2.41. The zero-order chi connectivity index (χ0) is 22.1. The van der Waals surface area contributed by atoms with Gasteiger partial charge in [-0.15, -0.1) is 0 Å². The third kappa shape index (κ3) is 5.22. The highest BCUT2D eigenvalue weighted by Crippen LogP contribution is 2.38. The van der Waals surface area contributed by atoms with Crippen molar-refractivity contribution < 1.29 is 22.8 Å². The van der Waals surface area contributed by atoms with E-state index in [0.717, 1.165) is 11.0 Å². The van der Waals surface area contributed by atoms with Crippen LogP contribution in [0.25, 0.3) is 0 Å². The van der Waals surface area contributed by atoms with Gasteiger partial charge in [0.15, 0.2) is 0 Å². The quantitative estimate of drug-likeness (QED) is 0.406. The average Bonchev–Trinajstić information content (AvgIpc) is 2.88. The summed E-state index contributed by atoms with van der Waals surface area (Å²) in [6.07, 6.45) is -0.352. The Morgan fingerprint density at radius 1 is 1.07 bits per heavy atom. The van der Waals surface area contributed by atoms with Crippen molar-refractivity contribution in [3.8, 4) is 5.75 Å². The van der Waals surface area contributed by atoms with Gasteiger partial charge in [0.1, 0.15) is 11.9 Å². The van der Waals surface area contributed by atoms with Gasteiger partial charge < -0.3 is 18.8 Å². The monoisotopic (exact) mass is 455 g/mol. The van der Waals surface area contributed by atoms with E-state index in [1.165, 1.54) is 0 Å². The summed E-state index contributed by atoms with van der Waals surface area (Å²) < 4.78 is 46.5. The molecule has 1 heterocycles. The first-order valence-corrected chi connectivity index (χ1v) is 10.9. The fourth-order valence-electron chi connectivity index (χ4n) is 2.97. The summed E-state index contributed by atoms with van der Waals surface area (Å²) in [5.41, 5.74) is 1.07. The highest BCUT2D eigenvalue weighted by molar-refractivity contribution is 8.00. The molecule has 2 aromatic carbocycles. The molecular weight excluding hydrogens is 431 g/mol. The number of rotatable bonds is 7. The molecule has 0 radical (unpaired) electrons. The molecule has 0 spiro atoms. The molecule has 0 aromatic heterocycles. The van der Waals surface area contributed by atoms with Crippen LogP contribution in [0.15, 0.2) is 42.5 Å². The van der Waals surface area contributed by atoms with Crippen LogP contribution in [-0.2, 0) is 9.31 Å². The lowest BCUT2D eigenvalue weighted by molar-refractivity contribution is 0.00578. The van der Waals surface area contributed by atoms with Crippen molar-refractivity contribution in [2.24, 2.45) is 0 Å². The molecule has 0 bridgehead atoms. The highest BCUT2D eigenvalue weighted by Gasteiger charge is 2.51. The van der Waals surface area contributed by atoms with Crippen molar-refractivity contribution in [3.63, 3.8) is 0 Å². The van der Waals surface area contributed by atoms with Gasteiger partial charge in [-0.05, 0) is 69.9 Å². The fraction of sp³-hybridized carbons (Fsp3) is 0.429. The van der Waals surface area contributed by atoms with Crippen LogP contribution in [0, 0.1) is 0 Å². The molecule has 1 N–H and O–H groups in total. The van der Waals surface area contributed by atoms with Gasteiger partial charge >= 0.3 is 12.9 Å². The van der Waals surface area contributed by atoms with E-state index in [-0.39, 0.29) is 6.10 Å². The number of anilines is 1. The molecular formula is C21H25BClF2NO3S. The van der Waals surface area contributed by atoms with E-state index < -0.39 is 24.1 Å². The predicted octanol–water partition coefficient (Wildman–Crippen LogP) is 6.06. The summed E-state index contributed by atoms with van der Waals surface area (Å²) >= 11 is 6.40. The molecule has 162 valence electrons. The van der Waals surface area contributed by atoms with E-state index in [1.807, 2.05) is 52.8 Å². The van der Waals surface area contributed by atoms with Crippen LogP contribution in [0.4, 0.5) is 14.5 Å². The number of hydrogen-bond donors (Lipinski definition) is 1.